The maximum Gasteiger partial charge on any atom is 0.191 e. The molecule has 0 amide bonds. The second-order valence-corrected chi connectivity index (χ2v) is 7.40. The fraction of sp³-hybridized carbons (Fsp3) is 0.292. The van der Waals surface area contributed by atoms with E-state index in [-0.39, 0.29) is 24.0 Å². The van der Waals surface area contributed by atoms with E-state index in [2.05, 4.69) is 57.3 Å². The van der Waals surface area contributed by atoms with Crippen molar-refractivity contribution >= 4 is 41.0 Å². The standard InChI is InChI=1S/C24H29N7.HI/c1-3-25-24(27-16-20-17-28-31(18-20)21-10-5-4-6-11-21)26-14-9-15-30-19(2)29-22-12-7-8-13-23(22)30;/h4-8,10-13,17-18H,3,9,14-16H2,1-2H3,(H2,25,26,27);1H. The fourth-order valence-corrected chi connectivity index (χ4v) is 3.60. The molecule has 2 N–H and O–H groups in total. The highest BCUT2D eigenvalue weighted by molar-refractivity contribution is 14.0. The molecule has 0 bridgehead atoms. The van der Waals surface area contributed by atoms with E-state index in [9.17, 15) is 0 Å². The molecular formula is C24H30IN7. The summed E-state index contributed by atoms with van der Waals surface area (Å²) in [6.45, 7) is 7.29. The Hall–Kier alpha value is -2.88. The van der Waals surface area contributed by atoms with E-state index in [1.165, 1.54) is 5.52 Å². The molecule has 0 saturated heterocycles. The third kappa shape index (κ3) is 5.87. The summed E-state index contributed by atoms with van der Waals surface area (Å²) >= 11 is 0. The first-order valence-electron chi connectivity index (χ1n) is 10.8. The van der Waals surface area contributed by atoms with Gasteiger partial charge in [-0.05, 0) is 44.5 Å². The number of aryl methyl sites for hydroxylation is 2. The minimum atomic E-state index is 0. The van der Waals surface area contributed by atoms with Crippen molar-refractivity contribution < 1.29 is 0 Å². The second kappa shape index (κ2) is 11.7. The number of aliphatic imine (C=N–C) groups is 1. The number of benzene rings is 2. The number of para-hydroxylation sites is 3. The Labute approximate surface area is 206 Å². The van der Waals surface area contributed by atoms with Gasteiger partial charge in [-0.2, -0.15) is 5.10 Å². The normalized spacial score (nSPS) is 11.4. The van der Waals surface area contributed by atoms with Crippen LogP contribution in [0.5, 0.6) is 0 Å². The predicted octanol–water partition coefficient (Wildman–Crippen LogP) is 4.29. The lowest BCUT2D eigenvalue weighted by Gasteiger charge is -2.12. The lowest BCUT2D eigenvalue weighted by molar-refractivity contribution is 0.624. The highest BCUT2D eigenvalue weighted by atomic mass is 127. The molecule has 0 atom stereocenters. The van der Waals surface area contributed by atoms with Crippen LogP contribution in [-0.2, 0) is 13.1 Å². The Bertz CT molecular complexity index is 1150. The van der Waals surface area contributed by atoms with Crippen molar-refractivity contribution in [3.63, 3.8) is 0 Å². The van der Waals surface area contributed by atoms with Crippen LogP contribution >= 0.6 is 24.0 Å². The molecule has 0 aliphatic carbocycles. The van der Waals surface area contributed by atoms with Crippen LogP contribution < -0.4 is 10.6 Å². The molecular weight excluding hydrogens is 513 g/mol. The predicted molar refractivity (Wildman–Crippen MR) is 141 cm³/mol. The molecule has 2 heterocycles. The molecule has 7 nitrogen and oxygen atoms in total. The van der Waals surface area contributed by atoms with Crippen molar-refractivity contribution in [1.29, 1.82) is 0 Å². The average molecular weight is 543 g/mol. The van der Waals surface area contributed by atoms with Gasteiger partial charge in [-0.25, -0.2) is 14.7 Å². The zero-order chi connectivity index (χ0) is 21.5. The van der Waals surface area contributed by atoms with Crippen LogP contribution in [0.1, 0.15) is 24.7 Å². The number of nitrogens with one attached hydrogen (secondary N) is 2. The summed E-state index contributed by atoms with van der Waals surface area (Å²) < 4.78 is 4.15. The highest BCUT2D eigenvalue weighted by Crippen LogP contribution is 2.15. The second-order valence-electron chi connectivity index (χ2n) is 7.40. The SMILES string of the molecule is CCNC(=NCc1cnn(-c2ccccc2)c1)NCCCn1c(C)nc2ccccc21.I. The zero-order valence-corrected chi connectivity index (χ0v) is 20.9. The molecule has 2 aromatic heterocycles. The summed E-state index contributed by atoms with van der Waals surface area (Å²) in [6, 6.07) is 18.4. The van der Waals surface area contributed by atoms with Gasteiger partial charge >= 0.3 is 0 Å². The fourth-order valence-electron chi connectivity index (χ4n) is 3.60. The van der Waals surface area contributed by atoms with Gasteiger partial charge in [0, 0.05) is 31.4 Å². The first-order chi connectivity index (χ1) is 15.2. The number of hydrogen-bond donors (Lipinski definition) is 2. The van der Waals surface area contributed by atoms with Crippen LogP contribution in [0.25, 0.3) is 16.7 Å². The monoisotopic (exact) mass is 543 g/mol. The molecule has 0 aliphatic rings. The van der Waals surface area contributed by atoms with Crippen LogP contribution in [-0.4, -0.2) is 38.4 Å². The highest BCUT2D eigenvalue weighted by Gasteiger charge is 2.06. The van der Waals surface area contributed by atoms with Gasteiger partial charge in [0.25, 0.3) is 0 Å². The molecule has 0 saturated carbocycles. The average Bonchev–Trinajstić information content (AvgIpc) is 3.39. The minimum absolute atomic E-state index is 0. The summed E-state index contributed by atoms with van der Waals surface area (Å²) in [7, 11) is 0. The van der Waals surface area contributed by atoms with E-state index in [0.29, 0.717) is 6.54 Å². The van der Waals surface area contributed by atoms with Crippen molar-refractivity contribution in [3.8, 4) is 5.69 Å². The van der Waals surface area contributed by atoms with Crippen LogP contribution in [0.2, 0.25) is 0 Å². The van der Waals surface area contributed by atoms with Gasteiger partial charge in [-0.15, -0.1) is 24.0 Å². The van der Waals surface area contributed by atoms with Crippen LogP contribution in [0.3, 0.4) is 0 Å². The molecule has 2 aromatic carbocycles. The number of nitrogens with zero attached hydrogens (tertiary/aromatic N) is 5. The first kappa shape index (κ1) is 23.8. The first-order valence-corrected chi connectivity index (χ1v) is 10.8. The molecule has 0 spiro atoms. The van der Waals surface area contributed by atoms with E-state index >= 15 is 0 Å². The Kier molecular flexibility index (Phi) is 8.66. The van der Waals surface area contributed by atoms with E-state index < -0.39 is 0 Å². The molecule has 4 aromatic rings. The summed E-state index contributed by atoms with van der Waals surface area (Å²) in [5.41, 5.74) is 4.36. The van der Waals surface area contributed by atoms with Gasteiger partial charge in [0.05, 0.1) is 29.5 Å². The number of halogens is 1. The smallest absolute Gasteiger partial charge is 0.191 e. The van der Waals surface area contributed by atoms with E-state index in [1.807, 2.05) is 53.5 Å². The number of rotatable bonds is 8. The Morgan fingerprint density at radius 2 is 1.81 bits per heavy atom. The molecule has 0 aliphatic heterocycles. The van der Waals surface area contributed by atoms with E-state index in [0.717, 1.165) is 54.6 Å². The topological polar surface area (TPSA) is 72.1 Å². The Balaban J connectivity index is 0.00000289. The maximum absolute atomic E-state index is 4.71. The van der Waals surface area contributed by atoms with Crippen LogP contribution in [0.15, 0.2) is 72.0 Å². The van der Waals surface area contributed by atoms with Gasteiger partial charge < -0.3 is 15.2 Å². The lowest BCUT2D eigenvalue weighted by atomic mass is 10.3. The van der Waals surface area contributed by atoms with Crippen molar-refractivity contribution in [3.05, 3.63) is 78.4 Å². The number of fused-ring (bicyclic) bond motifs is 1. The molecule has 32 heavy (non-hydrogen) atoms. The van der Waals surface area contributed by atoms with Crippen molar-refractivity contribution in [2.24, 2.45) is 4.99 Å². The molecule has 168 valence electrons. The van der Waals surface area contributed by atoms with Gasteiger partial charge in [-0.1, -0.05) is 30.3 Å². The van der Waals surface area contributed by atoms with Gasteiger partial charge in [-0.3, -0.25) is 0 Å². The van der Waals surface area contributed by atoms with E-state index in [4.69, 9.17) is 4.99 Å². The summed E-state index contributed by atoms with van der Waals surface area (Å²) in [4.78, 5) is 9.36. The van der Waals surface area contributed by atoms with E-state index in [1.54, 1.807) is 0 Å². The zero-order valence-electron chi connectivity index (χ0n) is 18.5. The van der Waals surface area contributed by atoms with Gasteiger partial charge in [0.15, 0.2) is 5.96 Å². The lowest BCUT2D eigenvalue weighted by Crippen LogP contribution is -2.38. The number of hydrogen-bond acceptors (Lipinski definition) is 3. The number of aromatic nitrogens is 4. The molecule has 0 radical (unpaired) electrons. The Morgan fingerprint density at radius 1 is 1.03 bits per heavy atom. The van der Waals surface area contributed by atoms with Gasteiger partial charge in [0.1, 0.15) is 5.82 Å². The van der Waals surface area contributed by atoms with Crippen molar-refractivity contribution in [2.75, 3.05) is 13.1 Å². The molecule has 4 rings (SSSR count). The van der Waals surface area contributed by atoms with Crippen LogP contribution in [0, 0.1) is 6.92 Å². The summed E-state index contributed by atoms with van der Waals surface area (Å²) in [5.74, 6) is 1.87. The largest absolute Gasteiger partial charge is 0.357 e. The van der Waals surface area contributed by atoms with Crippen LogP contribution in [0.4, 0.5) is 0 Å². The molecule has 8 heteroatoms. The van der Waals surface area contributed by atoms with Gasteiger partial charge in [0.2, 0.25) is 0 Å². The third-order valence-electron chi connectivity index (χ3n) is 5.12. The summed E-state index contributed by atoms with van der Waals surface area (Å²) in [5, 5.41) is 11.2. The summed E-state index contributed by atoms with van der Waals surface area (Å²) in [6.07, 6.45) is 4.87. The number of guanidine groups is 1. The van der Waals surface area contributed by atoms with Crippen molar-refractivity contribution in [2.45, 2.75) is 33.4 Å². The maximum atomic E-state index is 4.71. The number of imidazole rings is 1. The van der Waals surface area contributed by atoms with Crippen molar-refractivity contribution in [1.82, 2.24) is 30.0 Å². The minimum Gasteiger partial charge on any atom is -0.357 e. The molecule has 0 unspecified atom stereocenters. The third-order valence-corrected chi connectivity index (χ3v) is 5.12. The molecule has 0 fully saturated rings. The Morgan fingerprint density at radius 3 is 2.62 bits per heavy atom. The quantitative estimate of drug-likeness (QED) is 0.151.